The number of nitrogens with one attached hydrogen (secondary N) is 1. The molecule has 0 saturated heterocycles. The highest BCUT2D eigenvalue weighted by Gasteiger charge is 2.04. The maximum Gasteiger partial charge on any atom is 0.0269 e. The van der Waals surface area contributed by atoms with Crippen LogP contribution in [0.15, 0.2) is 12.8 Å². The number of hydrogen-bond acceptors (Lipinski definition) is 2. The topological polar surface area (TPSA) is 15.3 Å². The number of hydrogen-bond donors (Lipinski definition) is 1. The first-order valence-electron chi connectivity index (χ1n) is 4.30. The largest absolute Gasteiger partial charge is 0.390 e. The zero-order valence-electron chi connectivity index (χ0n) is 7.93. The Kier molecular flexibility index (Phi) is 5.94. The lowest BCUT2D eigenvalue weighted by molar-refractivity contribution is 0.237. The molecule has 0 heterocycles. The molecule has 0 fully saturated rings. The van der Waals surface area contributed by atoms with Crippen molar-refractivity contribution in [1.29, 1.82) is 0 Å². The van der Waals surface area contributed by atoms with Gasteiger partial charge in [-0.3, -0.25) is 4.90 Å². The first kappa shape index (κ1) is 10.5. The van der Waals surface area contributed by atoms with Gasteiger partial charge in [-0.15, -0.1) is 0 Å². The summed E-state index contributed by atoms with van der Waals surface area (Å²) in [5.41, 5.74) is 0. The SMILES string of the molecule is C=CNCCN(CC)C(C)C. The fraction of sp³-hybridized carbons (Fsp3) is 0.778. The molecule has 0 aromatic heterocycles. The molecule has 66 valence electrons. The lowest BCUT2D eigenvalue weighted by Gasteiger charge is -2.24. The molecule has 0 aliphatic heterocycles. The second-order valence-corrected chi connectivity index (χ2v) is 2.88. The summed E-state index contributed by atoms with van der Waals surface area (Å²) >= 11 is 0. The van der Waals surface area contributed by atoms with Crippen molar-refractivity contribution in [3.63, 3.8) is 0 Å². The molecule has 2 heteroatoms. The van der Waals surface area contributed by atoms with Gasteiger partial charge in [0, 0.05) is 19.1 Å². The molecule has 1 N–H and O–H groups in total. The molecule has 0 unspecified atom stereocenters. The molecular formula is C9H20N2. The second-order valence-electron chi connectivity index (χ2n) is 2.88. The van der Waals surface area contributed by atoms with E-state index in [-0.39, 0.29) is 0 Å². The molecule has 0 radical (unpaired) electrons. The Balaban J connectivity index is 3.43. The molecule has 11 heavy (non-hydrogen) atoms. The lowest BCUT2D eigenvalue weighted by Crippen LogP contribution is -2.35. The van der Waals surface area contributed by atoms with Gasteiger partial charge in [0.25, 0.3) is 0 Å². The number of rotatable bonds is 6. The Labute approximate surface area is 70.3 Å². The summed E-state index contributed by atoms with van der Waals surface area (Å²) < 4.78 is 0. The van der Waals surface area contributed by atoms with E-state index in [1.54, 1.807) is 6.20 Å². The zero-order chi connectivity index (χ0) is 8.69. The Hall–Kier alpha value is -0.500. The molecule has 0 aromatic rings. The molecule has 0 saturated carbocycles. The maximum absolute atomic E-state index is 3.60. The molecule has 0 aliphatic carbocycles. The summed E-state index contributed by atoms with van der Waals surface area (Å²) in [5.74, 6) is 0. The third-order valence-electron chi connectivity index (χ3n) is 1.82. The fourth-order valence-corrected chi connectivity index (χ4v) is 1.09. The number of nitrogens with zero attached hydrogens (tertiary/aromatic N) is 1. The minimum absolute atomic E-state index is 0.645. The van der Waals surface area contributed by atoms with Crippen LogP contribution in [0.25, 0.3) is 0 Å². The molecule has 0 spiro atoms. The van der Waals surface area contributed by atoms with Gasteiger partial charge in [-0.2, -0.15) is 0 Å². The highest BCUT2D eigenvalue weighted by Crippen LogP contribution is 1.94. The van der Waals surface area contributed by atoms with Crippen LogP contribution in [-0.2, 0) is 0 Å². The Bertz CT molecular complexity index is 99.7. The predicted octanol–water partition coefficient (Wildman–Crippen LogP) is 1.45. The van der Waals surface area contributed by atoms with E-state index < -0.39 is 0 Å². The molecule has 0 amide bonds. The molecular weight excluding hydrogens is 136 g/mol. The van der Waals surface area contributed by atoms with Crippen molar-refractivity contribution in [2.45, 2.75) is 26.8 Å². The van der Waals surface area contributed by atoms with Crippen LogP contribution in [0.2, 0.25) is 0 Å². The van der Waals surface area contributed by atoms with Crippen molar-refractivity contribution in [2.24, 2.45) is 0 Å². The average molecular weight is 156 g/mol. The molecule has 0 rings (SSSR count). The smallest absolute Gasteiger partial charge is 0.0269 e. The second kappa shape index (κ2) is 6.23. The van der Waals surface area contributed by atoms with E-state index >= 15 is 0 Å². The van der Waals surface area contributed by atoms with Crippen molar-refractivity contribution < 1.29 is 0 Å². The van der Waals surface area contributed by atoms with Crippen LogP contribution >= 0.6 is 0 Å². The van der Waals surface area contributed by atoms with E-state index in [0.29, 0.717) is 6.04 Å². The van der Waals surface area contributed by atoms with Crippen molar-refractivity contribution >= 4 is 0 Å². The Morgan fingerprint density at radius 1 is 1.55 bits per heavy atom. The van der Waals surface area contributed by atoms with E-state index in [0.717, 1.165) is 19.6 Å². The van der Waals surface area contributed by atoms with Crippen LogP contribution in [0, 0.1) is 0 Å². The summed E-state index contributed by atoms with van der Waals surface area (Å²) in [5, 5.41) is 3.09. The highest BCUT2D eigenvalue weighted by molar-refractivity contribution is 4.67. The van der Waals surface area contributed by atoms with Crippen molar-refractivity contribution in [2.75, 3.05) is 19.6 Å². The van der Waals surface area contributed by atoms with Gasteiger partial charge in [-0.05, 0) is 26.6 Å². The van der Waals surface area contributed by atoms with Gasteiger partial charge in [-0.1, -0.05) is 13.5 Å². The minimum Gasteiger partial charge on any atom is -0.390 e. The van der Waals surface area contributed by atoms with Gasteiger partial charge in [-0.25, -0.2) is 0 Å². The van der Waals surface area contributed by atoms with Crippen LogP contribution in [0.3, 0.4) is 0 Å². The van der Waals surface area contributed by atoms with Gasteiger partial charge >= 0.3 is 0 Å². The van der Waals surface area contributed by atoms with Crippen LogP contribution in [0.4, 0.5) is 0 Å². The standard InChI is InChI=1S/C9H20N2/c1-5-10-7-8-11(6-2)9(3)4/h5,9-10H,1,6-8H2,2-4H3. The molecule has 0 bridgehead atoms. The highest BCUT2D eigenvalue weighted by atomic mass is 15.1. The van der Waals surface area contributed by atoms with Gasteiger partial charge < -0.3 is 5.32 Å². The number of likely N-dealkylation sites (N-methyl/N-ethyl adjacent to an activating group) is 1. The van der Waals surface area contributed by atoms with Crippen LogP contribution in [0.1, 0.15) is 20.8 Å². The van der Waals surface area contributed by atoms with E-state index in [2.05, 4.69) is 37.6 Å². The molecule has 0 aliphatic rings. The minimum atomic E-state index is 0.645. The van der Waals surface area contributed by atoms with E-state index in [9.17, 15) is 0 Å². The first-order chi connectivity index (χ1) is 5.22. The van der Waals surface area contributed by atoms with Gasteiger partial charge in [0.15, 0.2) is 0 Å². The average Bonchev–Trinajstić information content (AvgIpc) is 1.97. The molecule has 0 aromatic carbocycles. The van der Waals surface area contributed by atoms with E-state index in [1.807, 2.05) is 0 Å². The molecule has 0 atom stereocenters. The predicted molar refractivity (Wildman–Crippen MR) is 50.6 cm³/mol. The monoisotopic (exact) mass is 156 g/mol. The third-order valence-corrected chi connectivity index (χ3v) is 1.82. The summed E-state index contributed by atoms with van der Waals surface area (Å²) in [6.07, 6.45) is 1.74. The quantitative estimate of drug-likeness (QED) is 0.586. The van der Waals surface area contributed by atoms with Crippen molar-refractivity contribution in [3.05, 3.63) is 12.8 Å². The third kappa shape index (κ3) is 4.85. The Morgan fingerprint density at radius 2 is 2.18 bits per heavy atom. The van der Waals surface area contributed by atoms with Gasteiger partial charge in [0.1, 0.15) is 0 Å². The van der Waals surface area contributed by atoms with Gasteiger partial charge in [0.05, 0.1) is 0 Å². The van der Waals surface area contributed by atoms with Crippen LogP contribution in [0.5, 0.6) is 0 Å². The van der Waals surface area contributed by atoms with E-state index in [1.165, 1.54) is 0 Å². The fourth-order valence-electron chi connectivity index (χ4n) is 1.09. The Morgan fingerprint density at radius 3 is 2.55 bits per heavy atom. The summed E-state index contributed by atoms with van der Waals surface area (Å²) in [6, 6.07) is 0.645. The first-order valence-corrected chi connectivity index (χ1v) is 4.30. The maximum atomic E-state index is 3.60. The van der Waals surface area contributed by atoms with Crippen LogP contribution < -0.4 is 5.32 Å². The van der Waals surface area contributed by atoms with Crippen molar-refractivity contribution in [1.82, 2.24) is 10.2 Å². The summed E-state index contributed by atoms with van der Waals surface area (Å²) in [7, 11) is 0. The van der Waals surface area contributed by atoms with Gasteiger partial charge in [0.2, 0.25) is 0 Å². The van der Waals surface area contributed by atoms with Crippen LogP contribution in [-0.4, -0.2) is 30.6 Å². The van der Waals surface area contributed by atoms with E-state index in [4.69, 9.17) is 0 Å². The zero-order valence-corrected chi connectivity index (χ0v) is 7.93. The summed E-state index contributed by atoms with van der Waals surface area (Å²) in [4.78, 5) is 2.41. The summed E-state index contributed by atoms with van der Waals surface area (Å²) in [6.45, 7) is 13.4. The molecule has 2 nitrogen and oxygen atoms in total. The normalized spacial score (nSPS) is 10.6. The lowest BCUT2D eigenvalue weighted by atomic mass is 10.3. The van der Waals surface area contributed by atoms with Crippen molar-refractivity contribution in [3.8, 4) is 0 Å².